The predicted octanol–water partition coefficient (Wildman–Crippen LogP) is 4.04. The van der Waals surface area contributed by atoms with Crippen molar-refractivity contribution in [1.29, 1.82) is 0 Å². The molecule has 0 aliphatic carbocycles. The average Bonchev–Trinajstić information content (AvgIpc) is 2.46. The van der Waals surface area contributed by atoms with E-state index in [2.05, 4.69) is 21.2 Å². The summed E-state index contributed by atoms with van der Waals surface area (Å²) in [6.07, 6.45) is 0. The van der Waals surface area contributed by atoms with E-state index in [-0.39, 0.29) is 5.91 Å². The zero-order valence-corrected chi connectivity index (χ0v) is 13.2. The molecule has 104 valence electrons. The molecule has 0 bridgehead atoms. The van der Waals surface area contributed by atoms with Crippen LogP contribution in [-0.2, 0) is 6.54 Å². The van der Waals surface area contributed by atoms with Gasteiger partial charge in [-0.05, 0) is 45.8 Å². The molecular formula is C15H13BrClNO2. The third-order valence-electron chi connectivity index (χ3n) is 2.82. The fourth-order valence-corrected chi connectivity index (χ4v) is 2.35. The Labute approximate surface area is 131 Å². The molecule has 1 amide bonds. The van der Waals surface area contributed by atoms with E-state index in [0.717, 1.165) is 10.0 Å². The minimum Gasteiger partial charge on any atom is -0.497 e. The quantitative estimate of drug-likeness (QED) is 0.900. The van der Waals surface area contributed by atoms with Crippen molar-refractivity contribution >= 4 is 33.4 Å². The number of hydrogen-bond donors (Lipinski definition) is 1. The van der Waals surface area contributed by atoms with Gasteiger partial charge in [-0.2, -0.15) is 0 Å². The Morgan fingerprint density at radius 2 is 2.05 bits per heavy atom. The van der Waals surface area contributed by atoms with E-state index in [9.17, 15) is 4.79 Å². The summed E-state index contributed by atoms with van der Waals surface area (Å²) in [4.78, 5) is 12.2. The molecule has 0 aromatic heterocycles. The molecular weight excluding hydrogens is 342 g/mol. The van der Waals surface area contributed by atoms with E-state index < -0.39 is 0 Å². The Morgan fingerprint density at radius 3 is 2.75 bits per heavy atom. The van der Waals surface area contributed by atoms with Crippen LogP contribution in [0.4, 0.5) is 0 Å². The first-order valence-electron chi connectivity index (χ1n) is 5.97. The zero-order valence-electron chi connectivity index (χ0n) is 10.8. The highest BCUT2D eigenvalue weighted by Crippen LogP contribution is 2.22. The number of benzene rings is 2. The van der Waals surface area contributed by atoms with Crippen LogP contribution in [0.1, 0.15) is 15.9 Å². The molecule has 0 atom stereocenters. The number of amides is 1. The third kappa shape index (κ3) is 3.52. The lowest BCUT2D eigenvalue weighted by Gasteiger charge is -2.09. The van der Waals surface area contributed by atoms with E-state index in [1.807, 2.05) is 18.2 Å². The summed E-state index contributed by atoms with van der Waals surface area (Å²) in [6.45, 7) is 0.377. The Kier molecular flexibility index (Phi) is 5.04. The molecule has 2 aromatic carbocycles. The first kappa shape index (κ1) is 14.9. The van der Waals surface area contributed by atoms with Crippen molar-refractivity contribution in [2.75, 3.05) is 7.11 Å². The Balaban J connectivity index is 2.11. The van der Waals surface area contributed by atoms with Crippen molar-refractivity contribution in [3.8, 4) is 5.75 Å². The van der Waals surface area contributed by atoms with E-state index in [1.54, 1.807) is 31.4 Å². The maximum Gasteiger partial charge on any atom is 0.252 e. The molecule has 1 N–H and O–H groups in total. The van der Waals surface area contributed by atoms with Crippen molar-refractivity contribution in [3.63, 3.8) is 0 Å². The average molecular weight is 355 g/mol. The summed E-state index contributed by atoms with van der Waals surface area (Å²) in [7, 11) is 1.56. The number of halogens is 2. The van der Waals surface area contributed by atoms with Gasteiger partial charge in [0.05, 0.1) is 12.7 Å². The molecule has 0 unspecified atom stereocenters. The van der Waals surface area contributed by atoms with Crippen LogP contribution >= 0.6 is 27.5 Å². The monoisotopic (exact) mass is 353 g/mol. The van der Waals surface area contributed by atoms with Crippen molar-refractivity contribution < 1.29 is 9.53 Å². The minimum atomic E-state index is -0.185. The van der Waals surface area contributed by atoms with Gasteiger partial charge in [-0.25, -0.2) is 0 Å². The molecule has 0 heterocycles. The maximum atomic E-state index is 12.2. The third-order valence-corrected chi connectivity index (χ3v) is 3.88. The number of rotatable bonds is 4. The Hall–Kier alpha value is -1.52. The van der Waals surface area contributed by atoms with E-state index >= 15 is 0 Å². The smallest absolute Gasteiger partial charge is 0.252 e. The molecule has 0 fully saturated rings. The van der Waals surface area contributed by atoms with Crippen LogP contribution in [0.5, 0.6) is 5.75 Å². The molecule has 20 heavy (non-hydrogen) atoms. The number of ether oxygens (including phenoxy) is 1. The Morgan fingerprint density at radius 1 is 1.30 bits per heavy atom. The summed E-state index contributed by atoms with van der Waals surface area (Å²) in [6, 6.07) is 12.7. The van der Waals surface area contributed by atoms with Crippen LogP contribution in [0.2, 0.25) is 5.02 Å². The fourth-order valence-electron chi connectivity index (χ4n) is 1.72. The minimum absolute atomic E-state index is 0.185. The number of carbonyl (C=O) groups excluding carboxylic acids is 1. The standard InChI is InChI=1S/C15H13BrClNO2/c1-20-11-6-7-13(16)12(8-11)15(19)18-9-10-4-2-3-5-14(10)17/h2-8H,9H2,1H3,(H,18,19). The van der Waals surface area contributed by atoms with E-state index in [0.29, 0.717) is 22.9 Å². The SMILES string of the molecule is COc1ccc(Br)c(C(=O)NCc2ccccc2Cl)c1. The van der Waals surface area contributed by atoms with Crippen molar-refractivity contribution in [2.45, 2.75) is 6.54 Å². The molecule has 0 saturated heterocycles. The van der Waals surface area contributed by atoms with Crippen molar-refractivity contribution in [1.82, 2.24) is 5.32 Å². The predicted molar refractivity (Wildman–Crippen MR) is 83.3 cm³/mol. The van der Waals surface area contributed by atoms with Gasteiger partial charge in [0.15, 0.2) is 0 Å². The second-order valence-electron chi connectivity index (χ2n) is 4.12. The lowest BCUT2D eigenvalue weighted by molar-refractivity contribution is 0.0950. The van der Waals surface area contributed by atoms with Gasteiger partial charge >= 0.3 is 0 Å². The molecule has 0 aliphatic rings. The van der Waals surface area contributed by atoms with Crippen LogP contribution in [0.3, 0.4) is 0 Å². The van der Waals surface area contributed by atoms with E-state index in [4.69, 9.17) is 16.3 Å². The van der Waals surface area contributed by atoms with E-state index in [1.165, 1.54) is 0 Å². The van der Waals surface area contributed by atoms with Gasteiger partial charge < -0.3 is 10.1 Å². The van der Waals surface area contributed by atoms with Crippen molar-refractivity contribution in [3.05, 3.63) is 63.1 Å². The van der Waals surface area contributed by atoms with Crippen LogP contribution in [0, 0.1) is 0 Å². The largest absolute Gasteiger partial charge is 0.497 e. The molecule has 0 radical (unpaired) electrons. The lowest BCUT2D eigenvalue weighted by Crippen LogP contribution is -2.23. The first-order valence-corrected chi connectivity index (χ1v) is 7.14. The highest BCUT2D eigenvalue weighted by atomic mass is 79.9. The number of hydrogen-bond acceptors (Lipinski definition) is 2. The molecule has 2 rings (SSSR count). The number of nitrogens with one attached hydrogen (secondary N) is 1. The van der Waals surface area contributed by atoms with Gasteiger partial charge in [0, 0.05) is 16.0 Å². The second-order valence-corrected chi connectivity index (χ2v) is 5.38. The fraction of sp³-hybridized carbons (Fsp3) is 0.133. The van der Waals surface area contributed by atoms with Gasteiger partial charge in [0.1, 0.15) is 5.75 Å². The molecule has 2 aromatic rings. The maximum absolute atomic E-state index is 12.2. The summed E-state index contributed by atoms with van der Waals surface area (Å²) in [5.41, 5.74) is 1.40. The van der Waals surface area contributed by atoms with Crippen LogP contribution < -0.4 is 10.1 Å². The van der Waals surface area contributed by atoms with Crippen molar-refractivity contribution in [2.24, 2.45) is 0 Å². The molecule has 0 spiro atoms. The summed E-state index contributed by atoms with van der Waals surface area (Å²) >= 11 is 9.41. The topological polar surface area (TPSA) is 38.3 Å². The summed E-state index contributed by atoms with van der Waals surface area (Å²) < 4.78 is 5.84. The van der Waals surface area contributed by atoms with Gasteiger partial charge in [-0.1, -0.05) is 29.8 Å². The van der Waals surface area contributed by atoms with Crippen LogP contribution in [0.15, 0.2) is 46.9 Å². The number of methoxy groups -OCH3 is 1. The zero-order chi connectivity index (χ0) is 14.5. The van der Waals surface area contributed by atoms with Crippen LogP contribution in [-0.4, -0.2) is 13.0 Å². The highest BCUT2D eigenvalue weighted by Gasteiger charge is 2.11. The molecule has 0 saturated carbocycles. The highest BCUT2D eigenvalue weighted by molar-refractivity contribution is 9.10. The number of carbonyl (C=O) groups is 1. The van der Waals surface area contributed by atoms with Gasteiger partial charge in [-0.3, -0.25) is 4.79 Å². The lowest BCUT2D eigenvalue weighted by atomic mass is 10.2. The van der Waals surface area contributed by atoms with Crippen LogP contribution in [0.25, 0.3) is 0 Å². The van der Waals surface area contributed by atoms with Gasteiger partial charge in [-0.15, -0.1) is 0 Å². The normalized spacial score (nSPS) is 10.2. The van der Waals surface area contributed by atoms with Gasteiger partial charge in [0.2, 0.25) is 0 Å². The van der Waals surface area contributed by atoms with Gasteiger partial charge in [0.25, 0.3) is 5.91 Å². The molecule has 3 nitrogen and oxygen atoms in total. The Bertz CT molecular complexity index is 631. The molecule has 5 heteroatoms. The first-order chi connectivity index (χ1) is 9.61. The summed E-state index contributed by atoms with van der Waals surface area (Å²) in [5, 5.41) is 3.48. The summed E-state index contributed by atoms with van der Waals surface area (Å²) in [5.74, 6) is 0.451. The second kappa shape index (κ2) is 6.77. The molecule has 0 aliphatic heterocycles.